The van der Waals surface area contributed by atoms with Crippen LogP contribution in [0.3, 0.4) is 0 Å². The van der Waals surface area contributed by atoms with Crippen molar-refractivity contribution in [1.82, 2.24) is 15.5 Å². The number of nitrogens with two attached hydrogens (primary N) is 1. The summed E-state index contributed by atoms with van der Waals surface area (Å²) in [7, 11) is 0. The molecule has 2 atom stereocenters. The highest BCUT2D eigenvalue weighted by atomic mass is 16.5. The van der Waals surface area contributed by atoms with Gasteiger partial charge in [0.05, 0.1) is 6.10 Å². The summed E-state index contributed by atoms with van der Waals surface area (Å²) < 4.78 is 5.42. The summed E-state index contributed by atoms with van der Waals surface area (Å²) in [6, 6.07) is 3.28. The number of amides is 1. The predicted octanol–water partition coefficient (Wildman–Crippen LogP) is 0.356. The van der Waals surface area contributed by atoms with E-state index in [1.807, 2.05) is 6.92 Å². The largest absolute Gasteiger partial charge is 0.382 e. The van der Waals surface area contributed by atoms with Crippen LogP contribution < -0.4 is 11.1 Å². The predicted molar refractivity (Wildman–Crippen MR) is 62.3 cm³/mol. The third-order valence-electron chi connectivity index (χ3n) is 2.74. The van der Waals surface area contributed by atoms with E-state index in [0.29, 0.717) is 18.1 Å². The first-order valence-corrected chi connectivity index (χ1v) is 5.67. The summed E-state index contributed by atoms with van der Waals surface area (Å²) in [5.74, 6) is 0.0952. The fourth-order valence-corrected chi connectivity index (χ4v) is 1.85. The van der Waals surface area contributed by atoms with Gasteiger partial charge in [0.25, 0.3) is 5.91 Å². The highest BCUT2D eigenvalue weighted by molar-refractivity contribution is 5.92. The molecule has 0 radical (unpaired) electrons. The molecular formula is C11H16N4O2. The molecular weight excluding hydrogens is 220 g/mol. The fourth-order valence-electron chi connectivity index (χ4n) is 1.85. The molecule has 0 saturated carbocycles. The summed E-state index contributed by atoms with van der Waals surface area (Å²) in [5, 5.41) is 10.3. The van der Waals surface area contributed by atoms with E-state index in [4.69, 9.17) is 10.5 Å². The molecule has 0 spiro atoms. The number of anilines is 1. The Bertz CT molecular complexity index is 393. The van der Waals surface area contributed by atoms with Crippen LogP contribution in [0.15, 0.2) is 12.1 Å². The maximum absolute atomic E-state index is 11.8. The highest BCUT2D eigenvalue weighted by Gasteiger charge is 2.21. The average Bonchev–Trinajstić information content (AvgIpc) is 2.29. The van der Waals surface area contributed by atoms with Crippen molar-refractivity contribution >= 4 is 11.7 Å². The van der Waals surface area contributed by atoms with Crippen LogP contribution in [0.4, 0.5) is 5.82 Å². The smallest absolute Gasteiger partial charge is 0.272 e. The lowest BCUT2D eigenvalue weighted by atomic mass is 10.0. The van der Waals surface area contributed by atoms with Gasteiger partial charge in [0, 0.05) is 12.6 Å². The van der Waals surface area contributed by atoms with Crippen LogP contribution in [-0.4, -0.2) is 34.9 Å². The monoisotopic (exact) mass is 236 g/mol. The van der Waals surface area contributed by atoms with E-state index in [1.165, 1.54) is 0 Å². The van der Waals surface area contributed by atoms with Crippen LogP contribution in [0.5, 0.6) is 0 Å². The van der Waals surface area contributed by atoms with Gasteiger partial charge in [0.2, 0.25) is 0 Å². The number of nitrogens with one attached hydrogen (secondary N) is 1. The minimum absolute atomic E-state index is 0.144. The quantitative estimate of drug-likeness (QED) is 0.773. The van der Waals surface area contributed by atoms with Crippen molar-refractivity contribution < 1.29 is 9.53 Å². The standard InChI is InChI=1S/C11H16N4O2/c1-7-6-8(4-5-17-7)13-11(16)9-2-3-10(12)15-14-9/h2-3,7-8H,4-6H2,1H3,(H2,12,15)(H,13,16). The van der Waals surface area contributed by atoms with Gasteiger partial charge in [-0.05, 0) is 31.9 Å². The minimum atomic E-state index is -0.211. The van der Waals surface area contributed by atoms with Gasteiger partial charge in [-0.2, -0.15) is 0 Å². The molecule has 1 fully saturated rings. The average molecular weight is 236 g/mol. The molecule has 1 aliphatic heterocycles. The first-order valence-electron chi connectivity index (χ1n) is 5.67. The van der Waals surface area contributed by atoms with Crippen molar-refractivity contribution in [3.8, 4) is 0 Å². The van der Waals surface area contributed by atoms with Gasteiger partial charge in [-0.25, -0.2) is 0 Å². The third-order valence-corrected chi connectivity index (χ3v) is 2.74. The summed E-state index contributed by atoms with van der Waals surface area (Å²) in [4.78, 5) is 11.8. The zero-order valence-electron chi connectivity index (χ0n) is 9.72. The fraction of sp³-hybridized carbons (Fsp3) is 0.545. The Labute approximate surface area is 99.6 Å². The Hall–Kier alpha value is -1.69. The third kappa shape index (κ3) is 3.13. The van der Waals surface area contributed by atoms with E-state index in [0.717, 1.165) is 12.8 Å². The maximum Gasteiger partial charge on any atom is 0.272 e. The Morgan fingerprint density at radius 1 is 1.53 bits per heavy atom. The van der Waals surface area contributed by atoms with E-state index in [-0.39, 0.29) is 18.1 Å². The first kappa shape index (κ1) is 11.8. The second-order valence-corrected chi connectivity index (χ2v) is 4.22. The van der Waals surface area contributed by atoms with Gasteiger partial charge < -0.3 is 15.8 Å². The van der Waals surface area contributed by atoms with E-state index >= 15 is 0 Å². The van der Waals surface area contributed by atoms with Crippen molar-refractivity contribution in [3.05, 3.63) is 17.8 Å². The highest BCUT2D eigenvalue weighted by Crippen LogP contribution is 2.13. The van der Waals surface area contributed by atoms with Crippen LogP contribution in [0.1, 0.15) is 30.3 Å². The number of nitrogens with zero attached hydrogens (tertiary/aromatic N) is 2. The van der Waals surface area contributed by atoms with Gasteiger partial charge in [-0.15, -0.1) is 10.2 Å². The Balaban J connectivity index is 1.94. The Morgan fingerprint density at radius 2 is 2.35 bits per heavy atom. The topological polar surface area (TPSA) is 90.1 Å². The zero-order chi connectivity index (χ0) is 12.3. The van der Waals surface area contributed by atoms with Crippen molar-refractivity contribution in [2.24, 2.45) is 0 Å². The molecule has 0 aromatic carbocycles. The molecule has 0 aliphatic carbocycles. The molecule has 6 nitrogen and oxygen atoms in total. The molecule has 0 bridgehead atoms. The molecule has 1 saturated heterocycles. The maximum atomic E-state index is 11.8. The number of carbonyl (C=O) groups is 1. The van der Waals surface area contributed by atoms with Crippen LogP contribution in [-0.2, 0) is 4.74 Å². The Kier molecular flexibility index (Phi) is 3.53. The first-order chi connectivity index (χ1) is 8.15. The number of ether oxygens (including phenoxy) is 1. The van der Waals surface area contributed by atoms with Crippen LogP contribution >= 0.6 is 0 Å². The molecule has 92 valence electrons. The van der Waals surface area contributed by atoms with E-state index < -0.39 is 0 Å². The van der Waals surface area contributed by atoms with E-state index in [1.54, 1.807) is 12.1 Å². The van der Waals surface area contributed by atoms with Crippen molar-refractivity contribution in [2.45, 2.75) is 31.9 Å². The zero-order valence-corrected chi connectivity index (χ0v) is 9.72. The number of hydrogen-bond donors (Lipinski definition) is 2. The van der Waals surface area contributed by atoms with Gasteiger partial charge >= 0.3 is 0 Å². The summed E-state index contributed by atoms with van der Waals surface area (Å²) in [6.45, 7) is 2.68. The molecule has 1 aromatic rings. The Morgan fingerprint density at radius 3 is 3.00 bits per heavy atom. The molecule has 3 N–H and O–H groups in total. The van der Waals surface area contributed by atoms with E-state index in [2.05, 4.69) is 15.5 Å². The van der Waals surface area contributed by atoms with Gasteiger partial charge in [-0.3, -0.25) is 4.79 Å². The van der Waals surface area contributed by atoms with Crippen molar-refractivity contribution in [3.63, 3.8) is 0 Å². The lowest BCUT2D eigenvalue weighted by Gasteiger charge is -2.27. The van der Waals surface area contributed by atoms with Gasteiger partial charge in [0.1, 0.15) is 5.82 Å². The number of carbonyl (C=O) groups excluding carboxylic acids is 1. The minimum Gasteiger partial charge on any atom is -0.382 e. The van der Waals surface area contributed by atoms with Gasteiger partial charge in [0.15, 0.2) is 5.69 Å². The summed E-state index contributed by atoms with van der Waals surface area (Å²) in [5.41, 5.74) is 5.70. The molecule has 2 unspecified atom stereocenters. The number of hydrogen-bond acceptors (Lipinski definition) is 5. The molecule has 1 aromatic heterocycles. The lowest BCUT2D eigenvalue weighted by Crippen LogP contribution is -2.41. The second kappa shape index (κ2) is 5.09. The lowest BCUT2D eigenvalue weighted by molar-refractivity contribution is 0.0136. The normalized spacial score (nSPS) is 24.3. The molecule has 6 heteroatoms. The van der Waals surface area contributed by atoms with Crippen molar-refractivity contribution in [1.29, 1.82) is 0 Å². The molecule has 17 heavy (non-hydrogen) atoms. The summed E-state index contributed by atoms with van der Waals surface area (Å²) >= 11 is 0. The number of rotatable bonds is 2. The molecule has 1 amide bonds. The SMILES string of the molecule is CC1CC(NC(=O)c2ccc(N)nn2)CCO1. The van der Waals surface area contributed by atoms with Crippen LogP contribution in [0.25, 0.3) is 0 Å². The summed E-state index contributed by atoms with van der Waals surface area (Å²) in [6.07, 6.45) is 1.85. The van der Waals surface area contributed by atoms with Crippen LogP contribution in [0.2, 0.25) is 0 Å². The molecule has 2 rings (SSSR count). The number of nitrogen functional groups attached to an aromatic ring is 1. The van der Waals surface area contributed by atoms with Crippen LogP contribution in [0, 0.1) is 0 Å². The van der Waals surface area contributed by atoms with E-state index in [9.17, 15) is 4.79 Å². The second-order valence-electron chi connectivity index (χ2n) is 4.22. The number of aromatic nitrogens is 2. The molecule has 2 heterocycles. The van der Waals surface area contributed by atoms with Crippen molar-refractivity contribution in [2.75, 3.05) is 12.3 Å². The van der Waals surface area contributed by atoms with Gasteiger partial charge in [-0.1, -0.05) is 0 Å². The molecule has 1 aliphatic rings.